The lowest BCUT2D eigenvalue weighted by Gasteiger charge is -2.08. The number of carbonyl (C=O) groups is 1. The topological polar surface area (TPSA) is 51.2 Å². The second kappa shape index (κ2) is 6.89. The van der Waals surface area contributed by atoms with Crippen molar-refractivity contribution in [1.82, 2.24) is 10.3 Å². The van der Waals surface area contributed by atoms with Crippen molar-refractivity contribution in [2.45, 2.75) is 13.3 Å². The molecule has 2 heterocycles. The first-order chi connectivity index (χ1) is 9.31. The van der Waals surface area contributed by atoms with Gasteiger partial charge in [0.25, 0.3) is 5.91 Å². The van der Waals surface area contributed by atoms with Gasteiger partial charge in [0.15, 0.2) is 0 Å². The number of aromatic nitrogens is 1. The Bertz CT molecular complexity index is 526. The van der Waals surface area contributed by atoms with E-state index in [1.54, 1.807) is 29.7 Å². The summed E-state index contributed by atoms with van der Waals surface area (Å²) in [6, 6.07) is 7.53. The molecular formula is C14H16N2O2S. The van der Waals surface area contributed by atoms with Crippen LogP contribution in [0.1, 0.15) is 22.2 Å². The fraction of sp³-hybridized carbons (Fsp3) is 0.286. The van der Waals surface area contributed by atoms with Gasteiger partial charge in [-0.05, 0) is 36.9 Å². The lowest BCUT2D eigenvalue weighted by Crippen LogP contribution is -2.26. The molecule has 0 aliphatic rings. The molecule has 0 fully saturated rings. The van der Waals surface area contributed by atoms with E-state index in [1.807, 2.05) is 18.4 Å². The molecule has 19 heavy (non-hydrogen) atoms. The largest absolute Gasteiger partial charge is 0.477 e. The van der Waals surface area contributed by atoms with E-state index >= 15 is 0 Å². The zero-order valence-corrected chi connectivity index (χ0v) is 11.6. The van der Waals surface area contributed by atoms with Gasteiger partial charge in [-0.15, -0.1) is 11.3 Å². The number of pyridine rings is 1. The van der Waals surface area contributed by atoms with Gasteiger partial charge in [0.05, 0.1) is 6.61 Å². The highest BCUT2D eigenvalue weighted by atomic mass is 32.1. The van der Waals surface area contributed by atoms with E-state index in [-0.39, 0.29) is 5.91 Å². The van der Waals surface area contributed by atoms with Crippen molar-refractivity contribution in [2.24, 2.45) is 0 Å². The van der Waals surface area contributed by atoms with Crippen LogP contribution >= 0.6 is 11.3 Å². The van der Waals surface area contributed by atoms with Gasteiger partial charge in [0.2, 0.25) is 5.88 Å². The number of hydrogen-bond acceptors (Lipinski definition) is 4. The fourth-order valence-electron chi connectivity index (χ4n) is 1.66. The minimum Gasteiger partial charge on any atom is -0.477 e. The molecule has 0 atom stereocenters. The average molecular weight is 276 g/mol. The highest BCUT2D eigenvalue weighted by Gasteiger charge is 2.12. The third-order valence-corrected chi connectivity index (χ3v) is 3.47. The Morgan fingerprint density at radius 1 is 1.42 bits per heavy atom. The molecule has 1 amide bonds. The molecule has 4 nitrogen and oxygen atoms in total. The molecule has 0 unspecified atom stereocenters. The van der Waals surface area contributed by atoms with E-state index in [0.717, 1.165) is 6.42 Å². The van der Waals surface area contributed by atoms with Crippen LogP contribution in [0.4, 0.5) is 0 Å². The highest BCUT2D eigenvalue weighted by Crippen LogP contribution is 2.14. The molecule has 0 bridgehead atoms. The van der Waals surface area contributed by atoms with Crippen LogP contribution in [0.2, 0.25) is 0 Å². The number of thiophene rings is 1. The molecule has 0 aliphatic heterocycles. The number of ether oxygens (including phenoxy) is 1. The van der Waals surface area contributed by atoms with E-state index in [4.69, 9.17) is 4.74 Å². The van der Waals surface area contributed by atoms with E-state index < -0.39 is 0 Å². The van der Waals surface area contributed by atoms with Gasteiger partial charge in [-0.2, -0.15) is 0 Å². The zero-order chi connectivity index (χ0) is 13.5. The smallest absolute Gasteiger partial charge is 0.256 e. The predicted molar refractivity (Wildman–Crippen MR) is 75.8 cm³/mol. The van der Waals surface area contributed by atoms with Gasteiger partial charge < -0.3 is 10.1 Å². The zero-order valence-electron chi connectivity index (χ0n) is 10.8. The normalized spacial score (nSPS) is 10.2. The Kier molecular flexibility index (Phi) is 4.92. The molecule has 100 valence electrons. The Balaban J connectivity index is 1.92. The van der Waals surface area contributed by atoms with Gasteiger partial charge >= 0.3 is 0 Å². The van der Waals surface area contributed by atoms with Crippen molar-refractivity contribution in [3.63, 3.8) is 0 Å². The number of rotatable bonds is 6. The standard InChI is InChI=1S/C14H16N2O2S/c1-2-18-14-12(6-3-8-16-14)13(17)15-9-7-11-5-4-10-19-11/h3-6,8,10H,2,7,9H2,1H3,(H,15,17). The van der Waals surface area contributed by atoms with E-state index in [1.165, 1.54) is 4.88 Å². The summed E-state index contributed by atoms with van der Waals surface area (Å²) in [5, 5.41) is 4.92. The first-order valence-corrected chi connectivity index (χ1v) is 7.07. The average Bonchev–Trinajstić information content (AvgIpc) is 2.93. The molecule has 2 rings (SSSR count). The number of nitrogens with zero attached hydrogens (tertiary/aromatic N) is 1. The van der Waals surface area contributed by atoms with Crippen molar-refractivity contribution in [2.75, 3.05) is 13.2 Å². The maximum atomic E-state index is 12.0. The van der Waals surface area contributed by atoms with Crippen LogP contribution in [0.15, 0.2) is 35.8 Å². The van der Waals surface area contributed by atoms with Crippen molar-refractivity contribution < 1.29 is 9.53 Å². The Labute approximate surface area is 116 Å². The van der Waals surface area contributed by atoms with Gasteiger partial charge in [0, 0.05) is 17.6 Å². The van der Waals surface area contributed by atoms with Crippen LogP contribution in [0.25, 0.3) is 0 Å². The van der Waals surface area contributed by atoms with Crippen LogP contribution in [-0.2, 0) is 6.42 Å². The van der Waals surface area contributed by atoms with Gasteiger partial charge in [-0.3, -0.25) is 4.79 Å². The summed E-state index contributed by atoms with van der Waals surface area (Å²) in [5.74, 6) is 0.242. The molecule has 1 N–H and O–H groups in total. The third kappa shape index (κ3) is 3.79. The van der Waals surface area contributed by atoms with Crippen molar-refractivity contribution in [1.29, 1.82) is 0 Å². The molecule has 0 radical (unpaired) electrons. The summed E-state index contributed by atoms with van der Waals surface area (Å²) < 4.78 is 5.34. The van der Waals surface area contributed by atoms with Crippen LogP contribution in [0, 0.1) is 0 Å². The summed E-state index contributed by atoms with van der Waals surface area (Å²) in [4.78, 5) is 17.4. The molecule has 0 saturated heterocycles. The van der Waals surface area contributed by atoms with Gasteiger partial charge in [0.1, 0.15) is 5.56 Å². The lowest BCUT2D eigenvalue weighted by molar-refractivity contribution is 0.0949. The molecule has 0 spiro atoms. The molecule has 5 heteroatoms. The van der Waals surface area contributed by atoms with E-state index in [0.29, 0.717) is 24.6 Å². The monoisotopic (exact) mass is 276 g/mol. The van der Waals surface area contributed by atoms with Crippen molar-refractivity contribution in [3.05, 3.63) is 46.3 Å². The number of carbonyl (C=O) groups excluding carboxylic acids is 1. The first kappa shape index (κ1) is 13.5. The van der Waals surface area contributed by atoms with Crippen LogP contribution in [0.3, 0.4) is 0 Å². The first-order valence-electron chi connectivity index (χ1n) is 6.19. The molecular weight excluding hydrogens is 260 g/mol. The Morgan fingerprint density at radius 3 is 3.05 bits per heavy atom. The predicted octanol–water partition coefficient (Wildman–Crippen LogP) is 2.51. The van der Waals surface area contributed by atoms with Crippen LogP contribution in [0.5, 0.6) is 5.88 Å². The highest BCUT2D eigenvalue weighted by molar-refractivity contribution is 7.09. The lowest BCUT2D eigenvalue weighted by atomic mass is 10.2. The molecule has 0 aliphatic carbocycles. The fourth-order valence-corrected chi connectivity index (χ4v) is 2.37. The summed E-state index contributed by atoms with van der Waals surface area (Å²) in [6.07, 6.45) is 2.46. The Morgan fingerprint density at radius 2 is 2.32 bits per heavy atom. The summed E-state index contributed by atoms with van der Waals surface area (Å²) in [6.45, 7) is 2.97. The van der Waals surface area contributed by atoms with Crippen LogP contribution in [-0.4, -0.2) is 24.0 Å². The number of nitrogens with one attached hydrogen (secondary N) is 1. The summed E-state index contributed by atoms with van der Waals surface area (Å²) in [5.41, 5.74) is 0.482. The number of amides is 1. The maximum Gasteiger partial charge on any atom is 0.256 e. The van der Waals surface area contributed by atoms with Gasteiger partial charge in [-0.1, -0.05) is 6.07 Å². The molecule has 2 aromatic rings. The van der Waals surface area contributed by atoms with Crippen LogP contribution < -0.4 is 10.1 Å². The number of hydrogen-bond donors (Lipinski definition) is 1. The SMILES string of the molecule is CCOc1ncccc1C(=O)NCCc1cccs1. The van der Waals surface area contributed by atoms with E-state index in [2.05, 4.69) is 16.4 Å². The molecule has 2 aromatic heterocycles. The Hall–Kier alpha value is -1.88. The third-order valence-electron chi connectivity index (χ3n) is 2.53. The van der Waals surface area contributed by atoms with Gasteiger partial charge in [-0.25, -0.2) is 4.98 Å². The molecule has 0 saturated carbocycles. The van der Waals surface area contributed by atoms with Crippen molar-refractivity contribution >= 4 is 17.2 Å². The second-order valence-electron chi connectivity index (χ2n) is 3.87. The quantitative estimate of drug-likeness (QED) is 0.882. The van der Waals surface area contributed by atoms with E-state index in [9.17, 15) is 4.79 Å². The minimum atomic E-state index is -0.145. The second-order valence-corrected chi connectivity index (χ2v) is 4.91. The summed E-state index contributed by atoms with van der Waals surface area (Å²) in [7, 11) is 0. The minimum absolute atomic E-state index is 0.145. The maximum absolute atomic E-state index is 12.0. The molecule has 0 aromatic carbocycles. The van der Waals surface area contributed by atoms with Crippen molar-refractivity contribution in [3.8, 4) is 5.88 Å². The summed E-state index contributed by atoms with van der Waals surface area (Å²) >= 11 is 1.69.